The van der Waals surface area contributed by atoms with Crippen LogP contribution in [0.5, 0.6) is 0 Å². The zero-order valence-electron chi connectivity index (χ0n) is 21.9. The number of carbonyl (C=O) groups is 3. The monoisotopic (exact) mass is 655 g/mol. The van der Waals surface area contributed by atoms with Crippen LogP contribution in [0.25, 0.3) is 0 Å². The maximum absolute atomic E-state index is 13.2. The summed E-state index contributed by atoms with van der Waals surface area (Å²) in [5.41, 5.74) is 5.70. The number of nitrogens with zero attached hydrogens (tertiary/aromatic N) is 1. The first-order valence-electron chi connectivity index (χ1n) is 11.9. The van der Waals surface area contributed by atoms with Crippen LogP contribution >= 0.6 is 0 Å². The highest BCUT2D eigenvalue weighted by Gasteiger charge is 2.39. The summed E-state index contributed by atoms with van der Waals surface area (Å²) >= 11 is 0. The second-order valence-corrected chi connectivity index (χ2v) is 10.5. The molecule has 0 saturated carbocycles. The van der Waals surface area contributed by atoms with E-state index < -0.39 is 69.4 Å². The van der Waals surface area contributed by atoms with Gasteiger partial charge in [0.25, 0.3) is 0 Å². The van der Waals surface area contributed by atoms with Crippen LogP contribution in [-0.2, 0) is 35.4 Å². The van der Waals surface area contributed by atoms with Crippen LogP contribution < -0.4 is 15.8 Å². The molecular weight excluding hydrogens is 632 g/mol. The molecule has 2 atom stereocenters. The highest BCUT2D eigenvalue weighted by atomic mass is 32.2. The van der Waals surface area contributed by atoms with Gasteiger partial charge < -0.3 is 26.1 Å². The Morgan fingerprint density at radius 2 is 1.61 bits per heavy atom. The van der Waals surface area contributed by atoms with Gasteiger partial charge in [-0.3, -0.25) is 15.0 Å². The number of oxime groups is 1. The van der Waals surface area contributed by atoms with Crippen molar-refractivity contribution in [1.82, 2.24) is 10.0 Å². The van der Waals surface area contributed by atoms with E-state index in [1.807, 2.05) is 0 Å². The number of rotatable bonds is 10. The third kappa shape index (κ3) is 10.2. The number of hydrogen-bond acceptors (Lipinski definition) is 8. The Morgan fingerprint density at radius 1 is 1.05 bits per heavy atom. The zero-order valence-corrected chi connectivity index (χ0v) is 22.8. The predicted molar refractivity (Wildman–Crippen MR) is 138 cm³/mol. The molecule has 44 heavy (non-hydrogen) atoms. The second-order valence-electron chi connectivity index (χ2n) is 8.78. The van der Waals surface area contributed by atoms with Crippen LogP contribution in [0.15, 0.2) is 58.6 Å². The molecule has 0 radical (unpaired) electrons. The van der Waals surface area contributed by atoms with Crippen LogP contribution in [0.4, 0.5) is 26.3 Å². The third-order valence-electron chi connectivity index (χ3n) is 5.50. The van der Waals surface area contributed by atoms with E-state index in [9.17, 15) is 49.5 Å². The lowest BCUT2D eigenvalue weighted by Crippen LogP contribution is -2.48. The molecule has 0 bridgehead atoms. The average Bonchev–Trinajstić information content (AvgIpc) is 3.38. The predicted octanol–water partition coefficient (Wildman–Crippen LogP) is 2.05. The summed E-state index contributed by atoms with van der Waals surface area (Å²) in [6.45, 7) is -0.728. The van der Waals surface area contributed by atoms with E-state index in [-0.39, 0.29) is 18.7 Å². The van der Waals surface area contributed by atoms with E-state index in [0.717, 1.165) is 12.1 Å². The van der Waals surface area contributed by atoms with Crippen LogP contribution in [0.2, 0.25) is 0 Å². The van der Waals surface area contributed by atoms with E-state index in [0.29, 0.717) is 29.0 Å². The van der Waals surface area contributed by atoms with Gasteiger partial charge in [-0.1, -0.05) is 41.6 Å². The average molecular weight is 656 g/mol. The molecular formula is C24H23F6N5O8S. The van der Waals surface area contributed by atoms with Gasteiger partial charge in [0.2, 0.25) is 15.9 Å². The maximum Gasteiger partial charge on any atom is 0.490 e. The number of sulfonamides is 1. The highest BCUT2D eigenvalue weighted by Crippen LogP contribution is 2.34. The lowest BCUT2D eigenvalue weighted by Gasteiger charge is -2.18. The van der Waals surface area contributed by atoms with Crippen molar-refractivity contribution in [1.29, 1.82) is 5.41 Å². The van der Waals surface area contributed by atoms with Gasteiger partial charge in [-0.05, 0) is 17.7 Å². The van der Waals surface area contributed by atoms with Gasteiger partial charge in [-0.15, -0.1) is 0 Å². The summed E-state index contributed by atoms with van der Waals surface area (Å²) in [6, 6.07) is 8.00. The molecule has 0 aromatic heterocycles. The summed E-state index contributed by atoms with van der Waals surface area (Å²) < 4.78 is 98.1. The Labute approximate surface area is 244 Å². The van der Waals surface area contributed by atoms with E-state index in [1.54, 1.807) is 29.0 Å². The minimum absolute atomic E-state index is 0.0998. The highest BCUT2D eigenvalue weighted by molar-refractivity contribution is 7.89. The smallest absolute Gasteiger partial charge is 0.480 e. The Hall–Kier alpha value is -4.72. The Bertz CT molecular complexity index is 1530. The number of nitrogens with two attached hydrogens (primary N) is 1. The lowest BCUT2D eigenvalue weighted by molar-refractivity contribution is -0.192. The molecule has 13 nitrogen and oxygen atoms in total. The molecule has 7 N–H and O–H groups in total. The van der Waals surface area contributed by atoms with Crippen LogP contribution in [-0.4, -0.2) is 72.9 Å². The molecule has 1 aliphatic rings. The first-order valence-corrected chi connectivity index (χ1v) is 13.4. The number of hydrogen-bond donors (Lipinski definition) is 6. The molecule has 1 aliphatic heterocycles. The van der Waals surface area contributed by atoms with Crippen molar-refractivity contribution < 1.29 is 64.2 Å². The van der Waals surface area contributed by atoms with Gasteiger partial charge in [-0.2, -0.15) is 31.1 Å². The molecule has 240 valence electrons. The van der Waals surface area contributed by atoms with Crippen molar-refractivity contribution in [3.63, 3.8) is 0 Å². The summed E-state index contributed by atoms with van der Waals surface area (Å²) in [7, 11) is -4.90. The minimum atomic E-state index is -5.08. The second kappa shape index (κ2) is 14.2. The number of aliphatic carboxylic acids is 2. The molecule has 1 heterocycles. The van der Waals surface area contributed by atoms with Crippen molar-refractivity contribution in [3.05, 3.63) is 65.2 Å². The number of nitrogens with one attached hydrogen (secondary N) is 3. The van der Waals surface area contributed by atoms with Gasteiger partial charge in [0.05, 0.1) is 22.6 Å². The number of amides is 1. The van der Waals surface area contributed by atoms with Crippen LogP contribution in [0.1, 0.15) is 29.5 Å². The summed E-state index contributed by atoms with van der Waals surface area (Å²) in [4.78, 5) is 36.8. The Morgan fingerprint density at radius 3 is 2.11 bits per heavy atom. The van der Waals surface area contributed by atoms with Crippen molar-refractivity contribution >= 4 is 39.4 Å². The van der Waals surface area contributed by atoms with Gasteiger partial charge in [-0.25, -0.2) is 13.2 Å². The summed E-state index contributed by atoms with van der Waals surface area (Å²) in [5, 5.41) is 30.1. The maximum atomic E-state index is 13.2. The van der Waals surface area contributed by atoms with Gasteiger partial charge in [0, 0.05) is 18.5 Å². The largest absolute Gasteiger partial charge is 0.490 e. The summed E-state index contributed by atoms with van der Waals surface area (Å²) in [6.07, 6.45) is -10.7. The first-order chi connectivity index (χ1) is 20.2. The molecule has 3 rings (SSSR count). The van der Waals surface area contributed by atoms with E-state index in [2.05, 4.69) is 10.5 Å². The topological polar surface area (TPSA) is 221 Å². The van der Waals surface area contributed by atoms with E-state index in [4.69, 9.17) is 25.9 Å². The Kier molecular flexibility index (Phi) is 11.4. The molecule has 2 aromatic rings. The first kappa shape index (κ1) is 35.5. The number of benzene rings is 2. The van der Waals surface area contributed by atoms with Gasteiger partial charge in [0.15, 0.2) is 0 Å². The minimum Gasteiger partial charge on any atom is -0.480 e. The van der Waals surface area contributed by atoms with Crippen molar-refractivity contribution in [2.45, 2.75) is 42.2 Å². The van der Waals surface area contributed by atoms with Crippen molar-refractivity contribution in [3.8, 4) is 0 Å². The quantitative estimate of drug-likeness (QED) is 0.125. The van der Waals surface area contributed by atoms with Gasteiger partial charge >= 0.3 is 24.3 Å². The molecule has 20 heteroatoms. The zero-order chi connectivity index (χ0) is 33.5. The molecule has 2 aromatic carbocycles. The fraction of sp³-hybridized carbons (Fsp3) is 0.292. The molecule has 1 unspecified atom stereocenters. The number of carboxylic acids is 2. The van der Waals surface area contributed by atoms with Crippen LogP contribution in [0, 0.1) is 5.41 Å². The van der Waals surface area contributed by atoms with Crippen molar-refractivity contribution in [2.24, 2.45) is 10.9 Å². The standard InChI is InChI=1S/C22H22F3N5O6S.C2HF3O2/c23-22(24,25)15-3-1-2-4-18(15)37(34,35)30-17(21(32)33)11-28-19(31)10-14-9-16(29-36-14)12-5-7-13(8-6-12)20(26)27;3-2(4,5)1(6)7/h1-8,14,17,30H,9-11H2,(H3,26,27)(H,28,31)(H,32,33);(H,6,7)/t14?,17-;/m0./s1. The number of carbonyl (C=O) groups excluding carboxylic acids is 1. The molecule has 0 fully saturated rings. The third-order valence-corrected chi connectivity index (χ3v) is 7.03. The number of nitrogen functional groups attached to an aromatic ring is 1. The van der Waals surface area contributed by atoms with Gasteiger partial charge in [0.1, 0.15) is 18.0 Å². The fourth-order valence-corrected chi connectivity index (χ4v) is 4.83. The lowest BCUT2D eigenvalue weighted by atomic mass is 10.0. The summed E-state index contributed by atoms with van der Waals surface area (Å²) in [5.74, 6) is -5.25. The molecule has 1 amide bonds. The van der Waals surface area contributed by atoms with Crippen LogP contribution in [0.3, 0.4) is 0 Å². The normalized spacial score (nSPS) is 15.6. The fourth-order valence-electron chi connectivity index (χ4n) is 3.41. The number of amidine groups is 1. The van der Waals surface area contributed by atoms with E-state index in [1.165, 1.54) is 0 Å². The molecule has 0 aliphatic carbocycles. The SMILES string of the molecule is N=C(N)c1ccc(C2=NOC(CC(=O)NC[C@H](NS(=O)(=O)c3ccccc3C(F)(F)F)C(=O)O)C2)cc1.O=C(O)C(F)(F)F. The van der Waals surface area contributed by atoms with E-state index >= 15 is 0 Å². The number of alkyl halides is 6. The van der Waals surface area contributed by atoms with Crippen molar-refractivity contribution in [2.75, 3.05) is 6.54 Å². The number of carboxylic acid groups (broad SMARTS) is 2. The molecule has 0 spiro atoms. The Balaban J connectivity index is 0.000000860. The molecule has 0 saturated heterocycles. The number of halogens is 6.